The first-order valence-corrected chi connectivity index (χ1v) is 23.6. The zero-order valence-electron chi connectivity index (χ0n) is 31.4. The summed E-state index contributed by atoms with van der Waals surface area (Å²) in [6, 6.07) is 15.4. The molecule has 268 valence electrons. The molecule has 0 unspecified atom stereocenters. The summed E-state index contributed by atoms with van der Waals surface area (Å²) in [4.78, 5) is 27.5. The van der Waals surface area contributed by atoms with Crippen LogP contribution in [-0.2, 0) is 13.6 Å². The summed E-state index contributed by atoms with van der Waals surface area (Å²) in [6.45, 7) is 23.1. The molecule has 0 spiro atoms. The molecular weight excluding hydrogens is 673 g/mol. The van der Waals surface area contributed by atoms with Crippen molar-refractivity contribution in [2.24, 2.45) is 0 Å². The first-order chi connectivity index (χ1) is 23.9. The minimum Gasteiger partial charge on any atom is -0.414 e. The number of nitrogen functional groups attached to an aromatic ring is 1. The third-order valence-corrected chi connectivity index (χ3v) is 20.7. The second-order valence-corrected chi connectivity index (χ2v) is 26.6. The van der Waals surface area contributed by atoms with Gasteiger partial charge in [-0.1, -0.05) is 84.0 Å². The van der Waals surface area contributed by atoms with E-state index in [0.717, 1.165) is 21.9 Å². The molecule has 7 rings (SSSR count). The topological polar surface area (TPSA) is 126 Å². The van der Waals surface area contributed by atoms with Gasteiger partial charge in [0.2, 0.25) is 0 Å². The summed E-state index contributed by atoms with van der Waals surface area (Å²) in [5.74, 6) is 0.532. The number of nitrogens with zero attached hydrogens (tertiary/aromatic N) is 4. The second kappa shape index (κ2) is 12.3. The lowest BCUT2D eigenvalue weighted by Gasteiger charge is -2.40. The molecule has 3 heterocycles. The molecule has 3 N–H and O–H groups in total. The van der Waals surface area contributed by atoms with E-state index >= 15 is 0 Å². The van der Waals surface area contributed by atoms with Crippen molar-refractivity contribution in [3.05, 3.63) is 72.3 Å². The number of benzene rings is 3. The molecule has 0 bridgehead atoms. The molecule has 5 aromatic rings. The Kier molecular flexibility index (Phi) is 8.58. The van der Waals surface area contributed by atoms with E-state index in [2.05, 4.69) is 83.0 Å². The van der Waals surface area contributed by atoms with E-state index in [4.69, 9.17) is 24.3 Å². The Hall–Kier alpha value is -3.95. The van der Waals surface area contributed by atoms with Crippen LogP contribution in [0.25, 0.3) is 33.1 Å². The maximum absolute atomic E-state index is 13.4. The maximum atomic E-state index is 13.4. The summed E-state index contributed by atoms with van der Waals surface area (Å²) >= 11 is 0. The number of rotatable bonds is 8. The van der Waals surface area contributed by atoms with Gasteiger partial charge in [0.05, 0.1) is 30.4 Å². The molecule has 0 amide bonds. The number of carbonyl (C=O) groups is 1. The molecule has 3 atom stereocenters. The highest BCUT2D eigenvalue weighted by Gasteiger charge is 2.47. The normalized spacial score (nSPS) is 19.6. The van der Waals surface area contributed by atoms with E-state index in [1.165, 1.54) is 6.33 Å². The number of anilines is 3. The van der Waals surface area contributed by atoms with Crippen LogP contribution in [0.5, 0.6) is 0 Å². The van der Waals surface area contributed by atoms with Crippen LogP contribution in [0.15, 0.2) is 61.2 Å². The number of ether oxygens (including phenoxy) is 1. The molecule has 12 heteroatoms. The molecule has 1 saturated heterocycles. The van der Waals surface area contributed by atoms with Crippen molar-refractivity contribution in [3.8, 4) is 11.1 Å². The van der Waals surface area contributed by atoms with E-state index in [9.17, 15) is 4.79 Å². The SMILES string of the molecule is CC(C)(C)[Si](C)(C)OC[C@H]1O[C@@H](n2cnc3c(Nc4cc5c6c(cccc6c4N)C(=O)c4ccccc4-5)ncnc32)C[C@@H]1O[Si](C)(C)C(C)(C)C. The van der Waals surface area contributed by atoms with E-state index in [-0.39, 0.29) is 34.3 Å². The average Bonchev–Trinajstić information content (AvgIpc) is 3.67. The minimum absolute atomic E-state index is 0.00624. The number of hydrogen-bond acceptors (Lipinski definition) is 9. The van der Waals surface area contributed by atoms with Crippen LogP contribution in [0.4, 0.5) is 17.2 Å². The van der Waals surface area contributed by atoms with Gasteiger partial charge in [0, 0.05) is 28.3 Å². The molecular formula is C39H50N6O4Si2. The second-order valence-electron chi connectivity index (χ2n) is 17.0. The first kappa shape index (κ1) is 35.5. The van der Waals surface area contributed by atoms with Gasteiger partial charge >= 0.3 is 0 Å². The van der Waals surface area contributed by atoms with Gasteiger partial charge < -0.3 is 24.6 Å². The Balaban J connectivity index is 1.22. The van der Waals surface area contributed by atoms with Gasteiger partial charge in [0.25, 0.3) is 0 Å². The van der Waals surface area contributed by atoms with Crippen molar-refractivity contribution in [3.63, 3.8) is 0 Å². The zero-order chi connectivity index (χ0) is 36.7. The first-order valence-electron chi connectivity index (χ1n) is 17.8. The Morgan fingerprint density at radius 2 is 1.59 bits per heavy atom. The molecule has 0 saturated carbocycles. The van der Waals surface area contributed by atoms with E-state index < -0.39 is 16.6 Å². The van der Waals surface area contributed by atoms with Crippen molar-refractivity contribution in [1.29, 1.82) is 0 Å². The summed E-state index contributed by atoms with van der Waals surface area (Å²) in [7, 11) is -4.14. The highest BCUT2D eigenvalue weighted by molar-refractivity contribution is 6.74. The number of hydrogen-bond donors (Lipinski definition) is 2. The summed E-state index contributed by atoms with van der Waals surface area (Å²) in [5, 5.41) is 5.28. The Morgan fingerprint density at radius 1 is 0.902 bits per heavy atom. The smallest absolute Gasteiger partial charge is 0.194 e. The number of fused-ring (bicyclic) bond motifs is 3. The number of nitrogens with one attached hydrogen (secondary N) is 1. The third kappa shape index (κ3) is 6.10. The van der Waals surface area contributed by atoms with Gasteiger partial charge in [-0.3, -0.25) is 9.36 Å². The van der Waals surface area contributed by atoms with Crippen LogP contribution in [-0.4, -0.2) is 60.8 Å². The fourth-order valence-corrected chi connectivity index (χ4v) is 8.93. The lowest BCUT2D eigenvalue weighted by atomic mass is 9.82. The molecule has 3 aromatic carbocycles. The number of imidazole rings is 1. The largest absolute Gasteiger partial charge is 0.414 e. The van der Waals surface area contributed by atoms with Gasteiger partial charge in [-0.2, -0.15) is 0 Å². The Labute approximate surface area is 302 Å². The summed E-state index contributed by atoms with van der Waals surface area (Å²) in [6.07, 6.45) is 3.25. The third-order valence-electron chi connectivity index (χ3n) is 11.7. The van der Waals surface area contributed by atoms with E-state index in [1.54, 1.807) is 6.33 Å². The average molecular weight is 723 g/mol. The number of ketones is 1. The highest BCUT2D eigenvalue weighted by atomic mass is 28.4. The molecule has 10 nitrogen and oxygen atoms in total. The van der Waals surface area contributed by atoms with Gasteiger partial charge in [-0.15, -0.1) is 0 Å². The fraction of sp³-hybridized carbons (Fsp3) is 0.436. The van der Waals surface area contributed by atoms with Gasteiger partial charge in [0.15, 0.2) is 39.4 Å². The van der Waals surface area contributed by atoms with Crippen molar-refractivity contribution in [2.45, 2.75) is 103 Å². The van der Waals surface area contributed by atoms with Crippen molar-refractivity contribution < 1.29 is 18.4 Å². The molecule has 1 fully saturated rings. The van der Waals surface area contributed by atoms with Crippen LogP contribution in [0.2, 0.25) is 36.3 Å². The van der Waals surface area contributed by atoms with Crippen molar-refractivity contribution >= 4 is 61.5 Å². The molecule has 2 aliphatic rings. The monoisotopic (exact) mass is 722 g/mol. The molecule has 0 radical (unpaired) electrons. The van der Waals surface area contributed by atoms with Crippen LogP contribution < -0.4 is 11.1 Å². The van der Waals surface area contributed by atoms with E-state index in [0.29, 0.717) is 52.5 Å². The highest BCUT2D eigenvalue weighted by Crippen LogP contribution is 2.46. The molecule has 2 aromatic heterocycles. The predicted molar refractivity (Wildman–Crippen MR) is 210 cm³/mol. The summed E-state index contributed by atoms with van der Waals surface area (Å²) in [5.41, 5.74) is 12.4. The quantitative estimate of drug-likeness (QED) is 0.117. The minimum atomic E-state index is -2.12. The van der Waals surface area contributed by atoms with Crippen LogP contribution in [0, 0.1) is 0 Å². The predicted octanol–water partition coefficient (Wildman–Crippen LogP) is 9.22. The number of carbonyl (C=O) groups excluding carboxylic acids is 1. The van der Waals surface area contributed by atoms with Gasteiger partial charge in [-0.25, -0.2) is 15.0 Å². The van der Waals surface area contributed by atoms with Crippen LogP contribution in [0.3, 0.4) is 0 Å². The Morgan fingerprint density at radius 3 is 2.29 bits per heavy atom. The number of aromatic nitrogens is 4. The summed E-state index contributed by atoms with van der Waals surface area (Å²) < 4.78 is 22.5. The number of nitrogens with two attached hydrogens (primary N) is 1. The Bertz CT molecular complexity index is 2170. The maximum Gasteiger partial charge on any atom is 0.194 e. The van der Waals surface area contributed by atoms with Crippen molar-refractivity contribution in [2.75, 3.05) is 17.7 Å². The molecule has 1 aliphatic carbocycles. The van der Waals surface area contributed by atoms with Crippen LogP contribution >= 0.6 is 0 Å². The van der Waals surface area contributed by atoms with E-state index in [1.807, 2.05) is 53.1 Å². The fourth-order valence-electron chi connectivity index (χ4n) is 6.56. The zero-order valence-corrected chi connectivity index (χ0v) is 33.4. The molecule has 51 heavy (non-hydrogen) atoms. The van der Waals surface area contributed by atoms with Crippen LogP contribution in [0.1, 0.15) is 70.1 Å². The molecule has 1 aliphatic heterocycles. The standard InChI is InChI=1S/C39H50N6O4Si2/c1-38(2,3)50(7,8)47-20-30-29(49-51(9,10)39(4,5)6)19-31(48-30)45-22-43-34-36(41-21-42-37(34)45)44-28-18-27-23-14-11-12-15-24(23)35(46)26-17-13-16-25(32(26)27)33(28)40/h11-18,21-22,29-31H,19-20,40H2,1-10H3,(H,41,42,44)/t29-,30+,31+/m0/s1. The lowest BCUT2D eigenvalue weighted by molar-refractivity contribution is -0.0383. The lowest BCUT2D eigenvalue weighted by Crippen LogP contribution is -2.48. The van der Waals surface area contributed by atoms with Crippen molar-refractivity contribution in [1.82, 2.24) is 19.5 Å². The van der Waals surface area contributed by atoms with Gasteiger partial charge in [-0.05, 0) is 53.5 Å². The van der Waals surface area contributed by atoms with Gasteiger partial charge in [0.1, 0.15) is 18.7 Å².